The molecule has 4 N–H and O–H groups in total. The van der Waals surface area contributed by atoms with Gasteiger partial charge in [0.1, 0.15) is 29.1 Å². The van der Waals surface area contributed by atoms with Gasteiger partial charge in [-0.1, -0.05) is 48.5 Å². The summed E-state index contributed by atoms with van der Waals surface area (Å²) in [6, 6.07) is 14.0. The van der Waals surface area contributed by atoms with E-state index < -0.39 is 59.0 Å². The second kappa shape index (κ2) is 13.4. The lowest BCUT2D eigenvalue weighted by molar-refractivity contribution is -0.484. The number of carbonyl (C=O) groups is 6. The van der Waals surface area contributed by atoms with Gasteiger partial charge in [-0.05, 0) is 49.4 Å². The molecule has 5 amide bonds. The minimum Gasteiger partial charge on any atom is -0.342 e. The van der Waals surface area contributed by atoms with Crippen molar-refractivity contribution in [2.75, 3.05) is 11.6 Å². The van der Waals surface area contributed by atoms with E-state index in [2.05, 4.69) is 16.0 Å². The summed E-state index contributed by atoms with van der Waals surface area (Å²) in [5, 5.41) is 10.1. The van der Waals surface area contributed by atoms with E-state index in [9.17, 15) is 33.7 Å². The van der Waals surface area contributed by atoms with E-state index in [0.717, 1.165) is 10.6 Å². The summed E-state index contributed by atoms with van der Waals surface area (Å²) in [5.41, 5.74) is -0.760. The van der Waals surface area contributed by atoms with Crippen LogP contribution in [-0.2, 0) is 35.2 Å². The van der Waals surface area contributed by atoms with Gasteiger partial charge in [-0.3, -0.25) is 28.8 Å². The van der Waals surface area contributed by atoms with Crippen molar-refractivity contribution in [3.05, 3.63) is 71.1 Å². The van der Waals surface area contributed by atoms with E-state index in [1.807, 2.05) is 6.07 Å². The van der Waals surface area contributed by atoms with Crippen LogP contribution in [0.5, 0.6) is 0 Å². The molecule has 2 heterocycles. The molecule has 0 aromatic heterocycles. The second-order valence-corrected chi connectivity index (χ2v) is 10.8. The zero-order chi connectivity index (χ0) is 31.1. The first-order chi connectivity index (χ1) is 20.5. The van der Waals surface area contributed by atoms with Crippen molar-refractivity contribution in [3.8, 4) is 0 Å². The van der Waals surface area contributed by atoms with Crippen molar-refractivity contribution in [2.45, 2.75) is 69.6 Å². The van der Waals surface area contributed by atoms with E-state index in [-0.39, 0.29) is 25.8 Å². The first kappa shape index (κ1) is 31.0. The van der Waals surface area contributed by atoms with Crippen molar-refractivity contribution in [3.63, 3.8) is 0 Å². The number of hydrazine groups is 1. The normalized spacial score (nSPS) is 21.3. The van der Waals surface area contributed by atoms with Crippen LogP contribution >= 0.6 is 0 Å². The van der Waals surface area contributed by atoms with Gasteiger partial charge in [0.2, 0.25) is 17.7 Å². The van der Waals surface area contributed by atoms with Crippen molar-refractivity contribution in [1.82, 2.24) is 20.9 Å². The van der Waals surface area contributed by atoms with Crippen molar-refractivity contribution < 1.29 is 34.1 Å². The fourth-order valence-electron chi connectivity index (χ4n) is 5.30. The van der Waals surface area contributed by atoms with E-state index in [4.69, 9.17) is 0 Å². The van der Waals surface area contributed by atoms with Gasteiger partial charge in [0.25, 0.3) is 5.91 Å². The molecule has 2 saturated heterocycles. The summed E-state index contributed by atoms with van der Waals surface area (Å²) in [4.78, 5) is 91.0. The summed E-state index contributed by atoms with van der Waals surface area (Å²) < 4.78 is 0. The van der Waals surface area contributed by atoms with Crippen LogP contribution in [0.25, 0.3) is 0 Å². The molecule has 2 fully saturated rings. The molecule has 0 unspecified atom stereocenters. The molecular weight excluding hydrogens is 556 g/mol. The number of Topliss-reactive ketones (excluding diaryl/α,β-unsaturated/α-hetero) is 1. The van der Waals surface area contributed by atoms with Crippen LogP contribution in [0.1, 0.15) is 45.1 Å². The van der Waals surface area contributed by atoms with Crippen LogP contribution in [0.15, 0.2) is 60.7 Å². The Morgan fingerprint density at radius 1 is 1.02 bits per heavy atom. The molecule has 0 bridgehead atoms. The molecule has 0 radical (unpaired) electrons. The molecule has 13 heteroatoms. The molecule has 2 aromatic carbocycles. The van der Waals surface area contributed by atoms with Gasteiger partial charge < -0.3 is 20.9 Å². The maximum Gasteiger partial charge on any atom is 0.310 e. The second-order valence-electron chi connectivity index (χ2n) is 10.8. The molecule has 0 saturated carbocycles. The van der Waals surface area contributed by atoms with Gasteiger partial charge >= 0.3 is 5.91 Å². The number of anilines is 1. The molecule has 0 aliphatic carbocycles. The number of benzene rings is 2. The first-order valence-corrected chi connectivity index (χ1v) is 14.1. The van der Waals surface area contributed by atoms with E-state index in [0.29, 0.717) is 18.5 Å². The highest BCUT2D eigenvalue weighted by atomic mass is 16.3. The molecule has 2 aliphatic heterocycles. The predicted molar refractivity (Wildman–Crippen MR) is 153 cm³/mol. The molecule has 2 aliphatic rings. The third-order valence-corrected chi connectivity index (χ3v) is 7.76. The Morgan fingerprint density at radius 3 is 2.33 bits per heavy atom. The summed E-state index contributed by atoms with van der Waals surface area (Å²) in [5.74, 6) is -3.55. The third kappa shape index (κ3) is 6.93. The number of nitroso groups, excluding NO2 is 1. The Bertz CT molecular complexity index is 1400. The SMILES string of the molecule is C[C@H](NC(=O)[C@]1(C)NC(=O)CCC1=O)C(=O)N1CCC[C@H]1C(=O)N[C@@H](Cc1ccccc1)C(=O)N([NH+]=O)c1ccccc1. The number of likely N-dealkylation sites (tertiary alicyclic amines) is 1. The maximum atomic E-state index is 13.6. The summed E-state index contributed by atoms with van der Waals surface area (Å²) in [6.45, 7) is 2.97. The lowest BCUT2D eigenvalue weighted by Gasteiger charge is -2.33. The molecule has 43 heavy (non-hydrogen) atoms. The molecule has 13 nitrogen and oxygen atoms in total. The molecule has 0 spiro atoms. The average molecular weight is 592 g/mol. The lowest BCUT2D eigenvalue weighted by Crippen LogP contribution is -2.82. The fraction of sp³-hybridized carbons (Fsp3) is 0.400. The fourth-order valence-corrected chi connectivity index (χ4v) is 5.30. The summed E-state index contributed by atoms with van der Waals surface area (Å²) >= 11 is 0. The Morgan fingerprint density at radius 2 is 1.67 bits per heavy atom. The van der Waals surface area contributed by atoms with Crippen molar-refractivity contribution in [2.24, 2.45) is 0 Å². The Labute approximate surface area is 248 Å². The van der Waals surface area contributed by atoms with Crippen molar-refractivity contribution in [1.29, 1.82) is 0 Å². The Kier molecular flexibility index (Phi) is 9.63. The number of hydrogen-bond donors (Lipinski definition) is 4. The molecule has 2 aromatic rings. The number of nitrogens with zero attached hydrogens (tertiary/aromatic N) is 2. The highest BCUT2D eigenvalue weighted by molar-refractivity contribution is 6.15. The standard InChI is InChI=1S/C30H34N6O7/c1-19(31-29(42)30(2)24(37)15-16-25(38)33-30)27(40)35-17-9-14-23(35)26(39)32-22(18-20-10-5-3-6-11-20)28(41)36(34-43)21-12-7-4-8-13-21/h3-8,10-13,19,22-23H,9,14-18H2,1-2H3,(H,31,42)(H,32,39)(H,33,38)/p+1/t19-,22-,23-,30+/m0/s1. The third-order valence-electron chi connectivity index (χ3n) is 7.76. The Balaban J connectivity index is 1.49. The smallest absolute Gasteiger partial charge is 0.310 e. The molecular formula is C30H35N6O7+. The van der Waals surface area contributed by atoms with Crippen LogP contribution in [0.4, 0.5) is 5.69 Å². The molecule has 4 rings (SSSR count). The number of hydrogen-bond acceptors (Lipinski definition) is 7. The number of para-hydroxylation sites is 1. The van der Waals surface area contributed by atoms with Crippen molar-refractivity contribution >= 4 is 41.0 Å². The number of nitrogens with one attached hydrogen (secondary N) is 4. The molecule has 4 atom stereocenters. The van der Waals surface area contributed by atoms with Crippen LogP contribution in [0, 0.1) is 4.91 Å². The number of ketones is 1. The average Bonchev–Trinajstić information content (AvgIpc) is 3.50. The highest BCUT2D eigenvalue weighted by Crippen LogP contribution is 2.21. The van der Waals surface area contributed by atoms with Gasteiger partial charge in [-0.15, -0.1) is 0 Å². The van der Waals surface area contributed by atoms with E-state index in [1.54, 1.807) is 59.9 Å². The zero-order valence-electron chi connectivity index (χ0n) is 24.0. The van der Waals surface area contributed by atoms with E-state index in [1.165, 1.54) is 18.7 Å². The van der Waals surface area contributed by atoms with Gasteiger partial charge in [0.15, 0.2) is 11.3 Å². The number of piperidine rings is 1. The van der Waals surface area contributed by atoms with E-state index >= 15 is 0 Å². The zero-order valence-corrected chi connectivity index (χ0v) is 24.0. The quantitative estimate of drug-likeness (QED) is 0.207. The summed E-state index contributed by atoms with van der Waals surface area (Å²) in [6.07, 6.45) is 0.814. The number of carbonyl (C=O) groups excluding carboxylic acids is 6. The minimum absolute atomic E-state index is 0.0114. The minimum atomic E-state index is -1.79. The maximum absolute atomic E-state index is 13.6. The summed E-state index contributed by atoms with van der Waals surface area (Å²) in [7, 11) is 0. The topological polar surface area (TPSA) is 176 Å². The highest BCUT2D eigenvalue weighted by Gasteiger charge is 2.46. The van der Waals surface area contributed by atoms with Crippen LogP contribution in [-0.4, -0.2) is 70.4 Å². The number of rotatable bonds is 10. The van der Waals surface area contributed by atoms with Gasteiger partial charge in [-0.2, -0.15) is 0 Å². The largest absolute Gasteiger partial charge is 0.342 e. The number of amides is 5. The van der Waals surface area contributed by atoms with Gasteiger partial charge in [0, 0.05) is 30.7 Å². The van der Waals surface area contributed by atoms with Crippen LogP contribution < -0.4 is 26.2 Å². The monoisotopic (exact) mass is 591 g/mol. The Hall–Kier alpha value is -4.94. The van der Waals surface area contributed by atoms with Crippen LogP contribution in [0.2, 0.25) is 0 Å². The predicted octanol–water partition coefficient (Wildman–Crippen LogP) is -0.757. The van der Waals surface area contributed by atoms with Crippen LogP contribution in [0.3, 0.4) is 0 Å². The molecule has 226 valence electrons. The van der Waals surface area contributed by atoms with Gasteiger partial charge in [-0.25, -0.2) is 0 Å². The lowest BCUT2D eigenvalue weighted by atomic mass is 9.88. The first-order valence-electron chi connectivity index (χ1n) is 14.1. The van der Waals surface area contributed by atoms with Gasteiger partial charge in [0.05, 0.1) is 0 Å².